The zero-order valence-corrected chi connectivity index (χ0v) is 9.15. The summed E-state index contributed by atoms with van der Waals surface area (Å²) in [6.45, 7) is 0.583. The molecule has 0 radical (unpaired) electrons. The van der Waals surface area contributed by atoms with Gasteiger partial charge >= 0.3 is 0 Å². The van der Waals surface area contributed by atoms with E-state index in [0.717, 1.165) is 23.4 Å². The largest absolute Gasteiger partial charge is 0.330 e. The minimum Gasteiger partial charge on any atom is -0.330 e. The number of benzene rings is 1. The fourth-order valence-corrected chi connectivity index (χ4v) is 1.69. The van der Waals surface area contributed by atoms with Gasteiger partial charge < -0.3 is 5.73 Å². The molecule has 0 spiro atoms. The van der Waals surface area contributed by atoms with Crippen LogP contribution in [0.5, 0.6) is 0 Å². The Hall–Kier alpha value is -1.68. The second-order valence-electron chi connectivity index (χ2n) is 3.69. The minimum absolute atomic E-state index is 0.229. The van der Waals surface area contributed by atoms with Crippen LogP contribution in [0, 0.1) is 5.82 Å². The first-order chi connectivity index (χ1) is 7.70. The maximum atomic E-state index is 12.8. The Bertz CT molecular complexity index is 474. The molecule has 2 aromatic rings. The molecule has 0 saturated carbocycles. The summed E-state index contributed by atoms with van der Waals surface area (Å²) in [5, 5.41) is 4.34. The first-order valence-corrected chi connectivity index (χ1v) is 5.19. The lowest BCUT2D eigenvalue weighted by atomic mass is 10.1. The number of halogens is 1. The number of hydrogen-bond donors (Lipinski definition) is 1. The van der Waals surface area contributed by atoms with Crippen molar-refractivity contribution in [2.45, 2.75) is 6.42 Å². The third kappa shape index (κ3) is 2.12. The first kappa shape index (κ1) is 10.8. The first-order valence-electron chi connectivity index (χ1n) is 5.19. The Balaban J connectivity index is 2.36. The highest BCUT2D eigenvalue weighted by molar-refractivity contribution is 5.59. The van der Waals surface area contributed by atoms with Gasteiger partial charge in [-0.15, -0.1) is 0 Å². The predicted molar refractivity (Wildman–Crippen MR) is 61.4 cm³/mol. The number of nitrogens with two attached hydrogens (primary N) is 1. The predicted octanol–water partition coefficient (Wildman–Crippen LogP) is 1.73. The van der Waals surface area contributed by atoms with E-state index in [-0.39, 0.29) is 5.82 Å². The number of aromatic nitrogens is 2. The van der Waals surface area contributed by atoms with E-state index in [1.165, 1.54) is 12.1 Å². The standard InChI is InChI=1S/C12H14FN3/c1-16-12(8-11(15-16)6-7-14)9-2-4-10(13)5-3-9/h2-5,8H,6-7,14H2,1H3. The smallest absolute Gasteiger partial charge is 0.123 e. The Kier molecular flexibility index (Phi) is 3.01. The summed E-state index contributed by atoms with van der Waals surface area (Å²) in [6, 6.07) is 8.38. The van der Waals surface area contributed by atoms with Crippen molar-refractivity contribution < 1.29 is 4.39 Å². The molecule has 2 N–H and O–H groups in total. The molecule has 1 aromatic heterocycles. The molecule has 0 aliphatic heterocycles. The van der Waals surface area contributed by atoms with Crippen molar-refractivity contribution in [3.05, 3.63) is 41.8 Å². The van der Waals surface area contributed by atoms with Crippen LogP contribution in [-0.2, 0) is 13.5 Å². The van der Waals surface area contributed by atoms with Crippen LogP contribution in [0.3, 0.4) is 0 Å². The average Bonchev–Trinajstić information content (AvgIpc) is 2.61. The highest BCUT2D eigenvalue weighted by atomic mass is 19.1. The van der Waals surface area contributed by atoms with Crippen LogP contribution >= 0.6 is 0 Å². The lowest BCUT2D eigenvalue weighted by Crippen LogP contribution is -2.03. The van der Waals surface area contributed by atoms with Crippen LogP contribution in [0.1, 0.15) is 5.69 Å². The Morgan fingerprint density at radius 3 is 2.62 bits per heavy atom. The molecular formula is C12H14FN3. The fraction of sp³-hybridized carbons (Fsp3) is 0.250. The van der Waals surface area contributed by atoms with E-state index in [4.69, 9.17) is 5.73 Å². The van der Waals surface area contributed by atoms with Gasteiger partial charge in [0.1, 0.15) is 5.82 Å². The maximum Gasteiger partial charge on any atom is 0.123 e. The molecule has 0 amide bonds. The molecule has 3 nitrogen and oxygen atoms in total. The van der Waals surface area contributed by atoms with E-state index < -0.39 is 0 Å². The van der Waals surface area contributed by atoms with Crippen molar-refractivity contribution in [1.29, 1.82) is 0 Å². The number of aryl methyl sites for hydroxylation is 1. The van der Waals surface area contributed by atoms with E-state index in [9.17, 15) is 4.39 Å². The monoisotopic (exact) mass is 219 g/mol. The molecular weight excluding hydrogens is 205 g/mol. The van der Waals surface area contributed by atoms with Gasteiger partial charge in [-0.2, -0.15) is 5.10 Å². The summed E-state index contributed by atoms with van der Waals surface area (Å²) < 4.78 is 14.6. The van der Waals surface area contributed by atoms with Crippen LogP contribution in [0.4, 0.5) is 4.39 Å². The molecule has 0 bridgehead atoms. The number of rotatable bonds is 3. The molecule has 0 fully saturated rings. The lowest BCUT2D eigenvalue weighted by molar-refractivity contribution is 0.628. The molecule has 1 heterocycles. The zero-order valence-electron chi connectivity index (χ0n) is 9.15. The number of nitrogens with zero attached hydrogens (tertiary/aromatic N) is 2. The van der Waals surface area contributed by atoms with Gasteiger partial charge in [0.25, 0.3) is 0 Å². The third-order valence-corrected chi connectivity index (χ3v) is 2.47. The summed E-state index contributed by atoms with van der Waals surface area (Å²) in [5.74, 6) is -0.229. The maximum absolute atomic E-state index is 12.8. The number of hydrogen-bond acceptors (Lipinski definition) is 2. The summed E-state index contributed by atoms with van der Waals surface area (Å²) in [4.78, 5) is 0. The SMILES string of the molecule is Cn1nc(CCN)cc1-c1ccc(F)cc1. The van der Waals surface area contributed by atoms with Crippen molar-refractivity contribution >= 4 is 0 Å². The van der Waals surface area contributed by atoms with Crippen molar-refractivity contribution in [3.8, 4) is 11.3 Å². The highest BCUT2D eigenvalue weighted by Crippen LogP contribution is 2.20. The quantitative estimate of drug-likeness (QED) is 0.854. The van der Waals surface area contributed by atoms with E-state index in [1.54, 1.807) is 16.8 Å². The fourth-order valence-electron chi connectivity index (χ4n) is 1.69. The van der Waals surface area contributed by atoms with Gasteiger partial charge in [0.05, 0.1) is 11.4 Å². The third-order valence-electron chi connectivity index (χ3n) is 2.47. The van der Waals surface area contributed by atoms with Gasteiger partial charge in [0, 0.05) is 13.5 Å². The van der Waals surface area contributed by atoms with Gasteiger partial charge in [0.2, 0.25) is 0 Å². The van der Waals surface area contributed by atoms with Crippen molar-refractivity contribution in [3.63, 3.8) is 0 Å². The Labute approximate surface area is 93.7 Å². The molecule has 2 rings (SSSR count). The molecule has 0 atom stereocenters. The van der Waals surface area contributed by atoms with E-state index in [1.807, 2.05) is 13.1 Å². The second-order valence-corrected chi connectivity index (χ2v) is 3.69. The van der Waals surface area contributed by atoms with Crippen LogP contribution in [-0.4, -0.2) is 16.3 Å². The summed E-state index contributed by atoms with van der Waals surface area (Å²) in [6.07, 6.45) is 0.759. The Morgan fingerprint density at radius 2 is 2.00 bits per heavy atom. The topological polar surface area (TPSA) is 43.8 Å². The van der Waals surface area contributed by atoms with E-state index in [2.05, 4.69) is 5.10 Å². The van der Waals surface area contributed by atoms with Crippen LogP contribution in [0.2, 0.25) is 0 Å². The highest BCUT2D eigenvalue weighted by Gasteiger charge is 2.06. The van der Waals surface area contributed by atoms with Gasteiger partial charge in [0.15, 0.2) is 0 Å². The molecule has 0 aliphatic carbocycles. The molecule has 16 heavy (non-hydrogen) atoms. The summed E-state index contributed by atoms with van der Waals surface area (Å²) in [5.41, 5.74) is 8.38. The summed E-state index contributed by atoms with van der Waals surface area (Å²) in [7, 11) is 1.87. The molecule has 1 aromatic carbocycles. The molecule has 0 aliphatic rings. The van der Waals surface area contributed by atoms with Gasteiger partial charge in [-0.25, -0.2) is 4.39 Å². The summed E-state index contributed by atoms with van der Waals surface area (Å²) >= 11 is 0. The molecule has 0 unspecified atom stereocenters. The van der Waals surface area contributed by atoms with E-state index in [0.29, 0.717) is 6.54 Å². The molecule has 84 valence electrons. The van der Waals surface area contributed by atoms with Crippen LogP contribution in [0.25, 0.3) is 11.3 Å². The zero-order chi connectivity index (χ0) is 11.5. The van der Waals surface area contributed by atoms with Crippen molar-refractivity contribution in [1.82, 2.24) is 9.78 Å². The second kappa shape index (κ2) is 4.45. The van der Waals surface area contributed by atoms with Gasteiger partial charge in [-0.3, -0.25) is 4.68 Å². The normalized spacial score (nSPS) is 10.7. The van der Waals surface area contributed by atoms with Gasteiger partial charge in [-0.1, -0.05) is 0 Å². The Morgan fingerprint density at radius 1 is 1.31 bits per heavy atom. The van der Waals surface area contributed by atoms with Crippen LogP contribution in [0.15, 0.2) is 30.3 Å². The van der Waals surface area contributed by atoms with Gasteiger partial charge in [-0.05, 0) is 42.4 Å². The molecule has 4 heteroatoms. The average molecular weight is 219 g/mol. The molecule has 0 saturated heterocycles. The minimum atomic E-state index is -0.229. The van der Waals surface area contributed by atoms with Crippen LogP contribution < -0.4 is 5.73 Å². The lowest BCUT2D eigenvalue weighted by Gasteiger charge is -2.00. The van der Waals surface area contributed by atoms with Crippen molar-refractivity contribution in [2.75, 3.05) is 6.54 Å². The van der Waals surface area contributed by atoms with E-state index >= 15 is 0 Å². The van der Waals surface area contributed by atoms with Crippen molar-refractivity contribution in [2.24, 2.45) is 12.8 Å².